The molecule has 6 N–H and O–H groups in total. The van der Waals surface area contributed by atoms with Gasteiger partial charge in [0.15, 0.2) is 28.4 Å². The van der Waals surface area contributed by atoms with Gasteiger partial charge in [-0.25, -0.2) is 19.0 Å². The monoisotopic (exact) mass is 820 g/mol. The number of nitrogens with two attached hydrogens (primary N) is 2. The minimum Gasteiger partial charge on any atom is -0.399 e. The largest absolute Gasteiger partial charge is 0.399 e. The predicted molar refractivity (Wildman–Crippen MR) is 240 cm³/mol. The molecule has 2 saturated heterocycles. The van der Waals surface area contributed by atoms with Crippen molar-refractivity contribution in [3.05, 3.63) is 134 Å². The van der Waals surface area contributed by atoms with E-state index in [1.807, 2.05) is 106 Å². The van der Waals surface area contributed by atoms with Gasteiger partial charge in [0.1, 0.15) is 11.0 Å². The summed E-state index contributed by atoms with van der Waals surface area (Å²) in [5.41, 5.74) is 18.2. The summed E-state index contributed by atoms with van der Waals surface area (Å²) in [4.78, 5) is 22.0. The molecule has 304 valence electrons. The average Bonchev–Trinajstić information content (AvgIpc) is 3.98. The number of thiocarbonyl (C=S) groups is 1. The summed E-state index contributed by atoms with van der Waals surface area (Å²) < 4.78 is 14.7. The van der Waals surface area contributed by atoms with Crippen LogP contribution in [-0.4, -0.2) is 96.9 Å². The SMILES string of the molecule is Nc1ccc(-c2nc(N3CCOCC3)c3cccn3n2)cc1.Nc1ccncc1.S=C(Nc1ccncc1)Nc1ccc(-c2nc(N3CCOCC3)c3cccn3n2)cc1. The molecular weight excluding hydrogens is 777 g/mol. The second kappa shape index (κ2) is 19.0. The van der Waals surface area contributed by atoms with Crippen LogP contribution in [0.15, 0.2) is 134 Å². The van der Waals surface area contributed by atoms with Crippen molar-refractivity contribution in [2.75, 3.05) is 84.5 Å². The third-order valence-corrected chi connectivity index (χ3v) is 9.78. The Balaban J connectivity index is 0.000000149. The Morgan fingerprint density at radius 1 is 0.533 bits per heavy atom. The standard InChI is InChI=1S/C22H21N7OS.C16H17N5O.C5H6N2/c31-22(25-18-7-9-23-10-8-18)24-17-5-3-16(4-6-17)20-26-21(28-12-14-30-15-13-28)19-2-1-11-29(19)27-20;17-13-5-3-12(4-6-13)15-18-16(20-8-10-22-11-9-20)14-2-1-7-21(14)19-15;6-5-1-3-7-4-2-5/h1-11H,12-15H2,(H2,23,24,25,31);1-7H,8-11,17H2;1-4H,(H2,6,7). The number of nitrogen functional groups attached to an aromatic ring is 2. The van der Waals surface area contributed by atoms with Crippen LogP contribution in [0.5, 0.6) is 0 Å². The number of benzene rings is 2. The van der Waals surface area contributed by atoms with Gasteiger partial charge in [0.25, 0.3) is 0 Å². The number of nitrogens with zero attached hydrogens (tertiary/aromatic N) is 10. The Kier molecular flexibility index (Phi) is 12.6. The molecule has 0 bridgehead atoms. The van der Waals surface area contributed by atoms with E-state index in [9.17, 15) is 0 Å². The van der Waals surface area contributed by atoms with E-state index in [1.165, 1.54) is 0 Å². The van der Waals surface area contributed by atoms with E-state index in [2.05, 4.69) is 35.5 Å². The summed E-state index contributed by atoms with van der Waals surface area (Å²) in [5.74, 6) is 3.26. The summed E-state index contributed by atoms with van der Waals surface area (Å²) in [6.07, 6.45) is 10.6. The molecule has 16 nitrogen and oxygen atoms in total. The van der Waals surface area contributed by atoms with Crippen LogP contribution in [0.4, 0.5) is 34.4 Å². The lowest BCUT2D eigenvalue weighted by Gasteiger charge is -2.28. The van der Waals surface area contributed by atoms with E-state index in [0.29, 0.717) is 30.0 Å². The van der Waals surface area contributed by atoms with Crippen molar-refractivity contribution in [3.63, 3.8) is 0 Å². The molecule has 0 saturated carbocycles. The summed E-state index contributed by atoms with van der Waals surface area (Å²) in [6.45, 7) is 6.21. The summed E-state index contributed by atoms with van der Waals surface area (Å²) in [6, 6.07) is 30.8. The molecule has 60 heavy (non-hydrogen) atoms. The molecule has 2 aliphatic rings. The van der Waals surface area contributed by atoms with Crippen molar-refractivity contribution >= 4 is 62.7 Å². The Morgan fingerprint density at radius 2 is 0.950 bits per heavy atom. The van der Waals surface area contributed by atoms with Crippen LogP contribution in [-0.2, 0) is 9.47 Å². The smallest absolute Gasteiger partial charge is 0.182 e. The van der Waals surface area contributed by atoms with E-state index in [4.69, 9.17) is 48.2 Å². The zero-order chi connectivity index (χ0) is 41.1. The van der Waals surface area contributed by atoms with Crippen LogP contribution in [0, 0.1) is 0 Å². The minimum absolute atomic E-state index is 0.513. The molecule has 0 aliphatic carbocycles. The van der Waals surface area contributed by atoms with Crippen LogP contribution >= 0.6 is 12.2 Å². The van der Waals surface area contributed by atoms with Crippen molar-refractivity contribution in [1.82, 2.24) is 39.2 Å². The van der Waals surface area contributed by atoms with Crippen LogP contribution in [0.3, 0.4) is 0 Å². The molecule has 0 unspecified atom stereocenters. The first kappa shape index (κ1) is 39.6. The number of ether oxygens (including phenoxy) is 2. The quantitative estimate of drug-likeness (QED) is 0.114. The second-order valence-electron chi connectivity index (χ2n) is 13.7. The van der Waals surface area contributed by atoms with Crippen LogP contribution in [0.2, 0.25) is 0 Å². The molecule has 2 aliphatic heterocycles. The number of pyridine rings is 2. The highest BCUT2D eigenvalue weighted by molar-refractivity contribution is 7.80. The summed E-state index contributed by atoms with van der Waals surface area (Å²) >= 11 is 5.39. The highest BCUT2D eigenvalue weighted by Gasteiger charge is 2.20. The summed E-state index contributed by atoms with van der Waals surface area (Å²) in [7, 11) is 0. The van der Waals surface area contributed by atoms with E-state index in [-0.39, 0.29) is 0 Å². The van der Waals surface area contributed by atoms with Gasteiger partial charge in [0, 0.05) is 97.2 Å². The zero-order valence-corrected chi connectivity index (χ0v) is 33.5. The third-order valence-electron chi connectivity index (χ3n) is 9.58. The van der Waals surface area contributed by atoms with Gasteiger partial charge >= 0.3 is 0 Å². The fourth-order valence-corrected chi connectivity index (χ4v) is 6.76. The van der Waals surface area contributed by atoms with Gasteiger partial charge < -0.3 is 41.4 Å². The zero-order valence-electron chi connectivity index (χ0n) is 32.7. The number of aromatic nitrogens is 8. The van der Waals surface area contributed by atoms with E-state index in [0.717, 1.165) is 95.9 Å². The molecule has 8 aromatic rings. The first-order chi connectivity index (χ1) is 29.5. The molecule has 2 aromatic carbocycles. The Bertz CT molecular complexity index is 2610. The third kappa shape index (κ3) is 9.90. The number of rotatable bonds is 6. The minimum atomic E-state index is 0.513. The predicted octanol–water partition coefficient (Wildman–Crippen LogP) is 5.92. The average molecular weight is 821 g/mol. The maximum atomic E-state index is 5.76. The number of nitrogens with one attached hydrogen (secondary N) is 2. The van der Waals surface area contributed by atoms with Gasteiger partial charge in [0.2, 0.25) is 0 Å². The maximum absolute atomic E-state index is 5.76. The lowest BCUT2D eigenvalue weighted by atomic mass is 10.2. The van der Waals surface area contributed by atoms with E-state index in [1.54, 1.807) is 36.9 Å². The first-order valence-corrected chi connectivity index (χ1v) is 19.8. The fourth-order valence-electron chi connectivity index (χ4n) is 6.52. The Morgan fingerprint density at radius 3 is 1.40 bits per heavy atom. The van der Waals surface area contributed by atoms with Gasteiger partial charge in [-0.1, -0.05) is 0 Å². The summed E-state index contributed by atoms with van der Waals surface area (Å²) in [5, 5.41) is 16.1. The van der Waals surface area contributed by atoms with Gasteiger partial charge in [-0.3, -0.25) is 9.97 Å². The first-order valence-electron chi connectivity index (χ1n) is 19.4. The van der Waals surface area contributed by atoms with Crippen molar-refractivity contribution < 1.29 is 9.47 Å². The van der Waals surface area contributed by atoms with E-state index < -0.39 is 0 Å². The lowest BCUT2D eigenvalue weighted by molar-refractivity contribution is 0.122. The van der Waals surface area contributed by atoms with Gasteiger partial charge in [-0.05, 0) is 109 Å². The second-order valence-corrected chi connectivity index (χ2v) is 14.1. The van der Waals surface area contributed by atoms with Crippen LogP contribution < -0.4 is 31.9 Å². The molecule has 8 heterocycles. The number of anilines is 6. The molecule has 0 radical (unpaired) electrons. The van der Waals surface area contributed by atoms with Crippen LogP contribution in [0.25, 0.3) is 33.8 Å². The normalized spacial score (nSPS) is 13.8. The molecule has 0 atom stereocenters. The number of morpholine rings is 2. The number of fused-ring (bicyclic) bond motifs is 2. The Labute approximate surface area is 351 Å². The van der Waals surface area contributed by atoms with Crippen molar-refractivity contribution in [2.45, 2.75) is 0 Å². The van der Waals surface area contributed by atoms with Crippen molar-refractivity contribution in [3.8, 4) is 22.8 Å². The highest BCUT2D eigenvalue weighted by atomic mass is 32.1. The maximum Gasteiger partial charge on any atom is 0.182 e. The molecule has 0 spiro atoms. The van der Waals surface area contributed by atoms with Gasteiger partial charge in [0.05, 0.1) is 26.4 Å². The number of hydrogen-bond acceptors (Lipinski definition) is 13. The molecule has 10 rings (SSSR count). The topological polar surface area (TPSA) is 187 Å². The van der Waals surface area contributed by atoms with Gasteiger partial charge in [-0.15, -0.1) is 10.2 Å². The fraction of sp³-hybridized carbons (Fsp3) is 0.186. The highest BCUT2D eigenvalue weighted by Crippen LogP contribution is 2.27. The molecule has 17 heteroatoms. The lowest BCUT2D eigenvalue weighted by Crippen LogP contribution is -2.37. The van der Waals surface area contributed by atoms with Crippen molar-refractivity contribution in [1.29, 1.82) is 0 Å². The molecule has 0 amide bonds. The molecule has 2 fully saturated rings. The van der Waals surface area contributed by atoms with Crippen LogP contribution in [0.1, 0.15) is 0 Å². The number of hydrogen-bond donors (Lipinski definition) is 4. The van der Waals surface area contributed by atoms with Gasteiger partial charge in [-0.2, -0.15) is 0 Å². The molecule has 6 aromatic heterocycles. The molecular formula is C43H44N14O2S. The van der Waals surface area contributed by atoms with Crippen molar-refractivity contribution in [2.24, 2.45) is 0 Å². The van der Waals surface area contributed by atoms with E-state index >= 15 is 0 Å². The Hall–Kier alpha value is -7.21.